The van der Waals surface area contributed by atoms with Crippen molar-refractivity contribution in [1.29, 1.82) is 0 Å². The van der Waals surface area contributed by atoms with Crippen molar-refractivity contribution in [3.05, 3.63) is 52.8 Å². The molecule has 1 heterocycles. The Kier molecular flexibility index (Phi) is 3.61. The smallest absolute Gasteiger partial charge is 0.284 e. The van der Waals surface area contributed by atoms with Gasteiger partial charge < -0.3 is 0 Å². The monoisotopic (exact) mass is 288 g/mol. The van der Waals surface area contributed by atoms with Crippen molar-refractivity contribution >= 4 is 17.4 Å². The maximum Gasteiger partial charge on any atom is 0.454 e. The van der Waals surface area contributed by atoms with E-state index in [9.17, 15) is 18.0 Å². The van der Waals surface area contributed by atoms with Crippen molar-refractivity contribution in [1.82, 2.24) is 9.78 Å². The van der Waals surface area contributed by atoms with E-state index in [2.05, 4.69) is 5.10 Å². The molecule has 0 bridgehead atoms. The quantitative estimate of drug-likeness (QED) is 0.812. The Bertz CT molecular complexity index is 590. The number of hydrogen-bond donors (Lipinski definition) is 0. The molecule has 1 aromatic heterocycles. The lowest BCUT2D eigenvalue weighted by Crippen LogP contribution is -2.22. The van der Waals surface area contributed by atoms with E-state index in [-0.39, 0.29) is 6.54 Å². The van der Waals surface area contributed by atoms with Crippen LogP contribution in [0.3, 0.4) is 0 Å². The van der Waals surface area contributed by atoms with Gasteiger partial charge in [-0.3, -0.25) is 9.48 Å². The zero-order valence-electron chi connectivity index (χ0n) is 9.49. The van der Waals surface area contributed by atoms with Gasteiger partial charge in [-0.05, 0) is 17.7 Å². The van der Waals surface area contributed by atoms with Crippen LogP contribution in [-0.4, -0.2) is 21.7 Å². The molecule has 0 spiro atoms. The van der Waals surface area contributed by atoms with E-state index in [1.165, 1.54) is 4.68 Å². The minimum absolute atomic E-state index is 0.266. The highest BCUT2D eigenvalue weighted by Crippen LogP contribution is 2.21. The molecule has 7 heteroatoms. The minimum Gasteiger partial charge on any atom is -0.284 e. The lowest BCUT2D eigenvalue weighted by atomic mass is 10.2. The minimum atomic E-state index is -4.88. The molecule has 0 radical (unpaired) electrons. The number of nitrogens with zero attached hydrogens (tertiary/aromatic N) is 2. The number of ketones is 1. The molecule has 0 amide bonds. The molecule has 0 saturated heterocycles. The molecule has 0 fully saturated rings. The van der Waals surface area contributed by atoms with Crippen LogP contribution in [0.15, 0.2) is 36.7 Å². The molecule has 0 aliphatic carbocycles. The van der Waals surface area contributed by atoms with Crippen molar-refractivity contribution in [3.8, 4) is 0 Å². The fourth-order valence-corrected chi connectivity index (χ4v) is 1.63. The van der Waals surface area contributed by atoms with Gasteiger partial charge in [-0.15, -0.1) is 0 Å². The van der Waals surface area contributed by atoms with Crippen LogP contribution in [-0.2, 0) is 6.54 Å². The molecular weight excluding hydrogens is 281 g/mol. The topological polar surface area (TPSA) is 34.9 Å². The molecule has 0 atom stereocenters. The SMILES string of the molecule is O=C(c1cnn(Cc2ccc(Cl)cc2)c1)C(F)(F)F. The number of carbonyl (C=O) groups excluding carboxylic acids is 1. The first-order valence-corrected chi connectivity index (χ1v) is 5.62. The van der Waals surface area contributed by atoms with Crippen molar-refractivity contribution < 1.29 is 18.0 Å². The Morgan fingerprint density at radius 2 is 1.89 bits per heavy atom. The van der Waals surface area contributed by atoms with Gasteiger partial charge in [0.15, 0.2) is 0 Å². The predicted molar refractivity (Wildman–Crippen MR) is 63.2 cm³/mol. The molecular formula is C12H8ClF3N2O. The summed E-state index contributed by atoms with van der Waals surface area (Å²) in [4.78, 5) is 11.0. The molecule has 100 valence electrons. The second kappa shape index (κ2) is 5.05. The van der Waals surface area contributed by atoms with E-state index < -0.39 is 17.5 Å². The number of alkyl halides is 3. The first-order chi connectivity index (χ1) is 8.86. The summed E-state index contributed by atoms with van der Waals surface area (Å²) >= 11 is 5.72. The average Bonchev–Trinajstić information content (AvgIpc) is 2.78. The third-order valence-corrected chi connectivity index (χ3v) is 2.66. The maximum atomic E-state index is 12.2. The Morgan fingerprint density at radius 3 is 2.47 bits per heavy atom. The van der Waals surface area contributed by atoms with E-state index in [0.29, 0.717) is 5.02 Å². The Balaban J connectivity index is 2.14. The van der Waals surface area contributed by atoms with Gasteiger partial charge in [0.25, 0.3) is 5.78 Å². The van der Waals surface area contributed by atoms with Gasteiger partial charge in [0.1, 0.15) is 0 Å². The van der Waals surface area contributed by atoms with Crippen LogP contribution in [0.4, 0.5) is 13.2 Å². The highest BCUT2D eigenvalue weighted by Gasteiger charge is 2.39. The molecule has 2 aromatic rings. The molecule has 3 nitrogen and oxygen atoms in total. The zero-order chi connectivity index (χ0) is 14.0. The predicted octanol–water partition coefficient (Wildman–Crippen LogP) is 3.33. The molecule has 0 unspecified atom stereocenters. The van der Waals surface area contributed by atoms with Crippen LogP contribution >= 0.6 is 11.6 Å². The Labute approximate surface area is 111 Å². The third-order valence-electron chi connectivity index (χ3n) is 2.41. The number of benzene rings is 1. The number of rotatable bonds is 3. The largest absolute Gasteiger partial charge is 0.454 e. The second-order valence-electron chi connectivity index (χ2n) is 3.88. The number of halogens is 4. The fraction of sp³-hybridized carbons (Fsp3) is 0.167. The summed E-state index contributed by atoms with van der Waals surface area (Å²) in [6.07, 6.45) is -2.90. The van der Waals surface area contributed by atoms with Crippen LogP contribution in [0.5, 0.6) is 0 Å². The van der Waals surface area contributed by atoms with Crippen molar-refractivity contribution in [3.63, 3.8) is 0 Å². The van der Waals surface area contributed by atoms with E-state index in [1.807, 2.05) is 0 Å². The van der Waals surface area contributed by atoms with Gasteiger partial charge in [0.2, 0.25) is 0 Å². The van der Waals surface area contributed by atoms with Crippen LogP contribution in [0.1, 0.15) is 15.9 Å². The second-order valence-corrected chi connectivity index (χ2v) is 4.32. The summed E-state index contributed by atoms with van der Waals surface area (Å²) < 4.78 is 37.9. The molecule has 0 aliphatic heterocycles. The summed E-state index contributed by atoms with van der Waals surface area (Å²) in [6.45, 7) is 0.266. The fourth-order valence-electron chi connectivity index (χ4n) is 1.51. The van der Waals surface area contributed by atoms with Crippen LogP contribution < -0.4 is 0 Å². The van der Waals surface area contributed by atoms with Gasteiger partial charge in [-0.1, -0.05) is 23.7 Å². The summed E-state index contributed by atoms with van der Waals surface area (Å²) in [7, 11) is 0. The first kappa shape index (κ1) is 13.6. The molecule has 0 N–H and O–H groups in total. The van der Waals surface area contributed by atoms with Crippen molar-refractivity contribution in [2.24, 2.45) is 0 Å². The van der Waals surface area contributed by atoms with E-state index >= 15 is 0 Å². The van der Waals surface area contributed by atoms with Gasteiger partial charge in [-0.25, -0.2) is 0 Å². The molecule has 1 aromatic carbocycles. The molecule has 0 aliphatic rings. The van der Waals surface area contributed by atoms with Crippen LogP contribution in [0, 0.1) is 0 Å². The van der Waals surface area contributed by atoms with Gasteiger partial charge in [0, 0.05) is 11.2 Å². The van der Waals surface area contributed by atoms with Crippen LogP contribution in [0.25, 0.3) is 0 Å². The number of aromatic nitrogens is 2. The van der Waals surface area contributed by atoms with Crippen molar-refractivity contribution in [2.45, 2.75) is 12.7 Å². The molecule has 2 rings (SSSR count). The number of Topliss-reactive ketones (excluding diaryl/α,β-unsaturated/α-hetero) is 1. The van der Waals surface area contributed by atoms with Crippen LogP contribution in [0.2, 0.25) is 5.02 Å². The molecule has 0 saturated carbocycles. The maximum absolute atomic E-state index is 12.2. The summed E-state index contributed by atoms with van der Waals surface area (Å²) in [6, 6.07) is 6.80. The standard InChI is InChI=1S/C12H8ClF3N2O/c13-10-3-1-8(2-4-10)6-18-7-9(5-17-18)11(19)12(14,15)16/h1-5,7H,6H2. The van der Waals surface area contributed by atoms with Gasteiger partial charge in [0.05, 0.1) is 18.3 Å². The molecule has 19 heavy (non-hydrogen) atoms. The summed E-state index contributed by atoms with van der Waals surface area (Å²) in [5, 5.41) is 4.30. The normalized spacial score (nSPS) is 11.6. The van der Waals surface area contributed by atoms with Crippen molar-refractivity contribution in [2.75, 3.05) is 0 Å². The Morgan fingerprint density at radius 1 is 1.26 bits per heavy atom. The van der Waals surface area contributed by atoms with E-state index in [0.717, 1.165) is 18.0 Å². The summed E-state index contributed by atoms with van der Waals surface area (Å²) in [5.41, 5.74) is 0.347. The summed E-state index contributed by atoms with van der Waals surface area (Å²) in [5.74, 6) is -1.89. The van der Waals surface area contributed by atoms with E-state index in [1.54, 1.807) is 24.3 Å². The average molecular weight is 289 g/mol. The highest BCUT2D eigenvalue weighted by molar-refractivity contribution is 6.30. The highest BCUT2D eigenvalue weighted by atomic mass is 35.5. The number of carbonyl (C=O) groups is 1. The number of hydrogen-bond acceptors (Lipinski definition) is 2. The third kappa shape index (κ3) is 3.35. The lowest BCUT2D eigenvalue weighted by Gasteiger charge is -2.02. The zero-order valence-corrected chi connectivity index (χ0v) is 10.2. The van der Waals surface area contributed by atoms with Gasteiger partial charge in [-0.2, -0.15) is 18.3 Å². The first-order valence-electron chi connectivity index (χ1n) is 5.24. The Hall–Kier alpha value is -1.82. The van der Waals surface area contributed by atoms with Gasteiger partial charge >= 0.3 is 6.18 Å². The van der Waals surface area contributed by atoms with E-state index in [4.69, 9.17) is 11.6 Å². The lowest BCUT2D eigenvalue weighted by molar-refractivity contribution is -0.0885.